The van der Waals surface area contributed by atoms with Crippen molar-refractivity contribution in [3.05, 3.63) is 71.3 Å². The molecular formula is C19H21N3O2. The zero-order valence-electron chi connectivity index (χ0n) is 13.4. The standard InChI is InChI=1S/C19H21N3O2/c20-19(24)21-12-13-6-8-15(9-7-13)18(23)22-17-10-16(11-17)14-4-2-1-3-5-14/h1-9,16-17H,10-12H2,(H,22,23)(H3,20,21,24). The molecule has 124 valence electrons. The number of carbonyl (C=O) groups is 2. The van der Waals surface area contributed by atoms with Crippen LogP contribution in [0.3, 0.4) is 0 Å². The number of rotatable bonds is 5. The second-order valence-corrected chi connectivity index (χ2v) is 6.16. The van der Waals surface area contributed by atoms with E-state index < -0.39 is 6.03 Å². The maximum absolute atomic E-state index is 12.3. The van der Waals surface area contributed by atoms with Gasteiger partial charge in [-0.2, -0.15) is 0 Å². The van der Waals surface area contributed by atoms with Gasteiger partial charge in [-0.1, -0.05) is 42.5 Å². The van der Waals surface area contributed by atoms with Crippen LogP contribution in [0.15, 0.2) is 54.6 Å². The average Bonchev–Trinajstić information content (AvgIpc) is 2.57. The lowest BCUT2D eigenvalue weighted by molar-refractivity contribution is 0.0909. The molecule has 5 nitrogen and oxygen atoms in total. The summed E-state index contributed by atoms with van der Waals surface area (Å²) in [5.41, 5.74) is 7.90. The molecule has 0 aliphatic heterocycles. The zero-order chi connectivity index (χ0) is 16.9. The van der Waals surface area contributed by atoms with Gasteiger partial charge in [0.1, 0.15) is 0 Å². The summed E-state index contributed by atoms with van der Waals surface area (Å²) in [5.74, 6) is 0.486. The fraction of sp³-hybridized carbons (Fsp3) is 0.263. The van der Waals surface area contributed by atoms with Gasteiger partial charge in [-0.05, 0) is 42.0 Å². The lowest BCUT2D eigenvalue weighted by Gasteiger charge is -2.36. The number of nitrogens with one attached hydrogen (secondary N) is 2. The third-order valence-electron chi connectivity index (χ3n) is 4.43. The molecule has 0 radical (unpaired) electrons. The molecule has 0 heterocycles. The molecule has 1 aliphatic carbocycles. The summed E-state index contributed by atoms with van der Waals surface area (Å²) in [6, 6.07) is 17.2. The van der Waals surface area contributed by atoms with E-state index in [-0.39, 0.29) is 11.9 Å². The van der Waals surface area contributed by atoms with Crippen molar-refractivity contribution in [2.75, 3.05) is 0 Å². The van der Waals surface area contributed by atoms with Crippen LogP contribution in [0.2, 0.25) is 0 Å². The normalized spacial score (nSPS) is 19.2. The molecule has 1 saturated carbocycles. The highest BCUT2D eigenvalue weighted by atomic mass is 16.2. The van der Waals surface area contributed by atoms with Crippen molar-refractivity contribution in [2.45, 2.75) is 31.3 Å². The molecule has 0 unspecified atom stereocenters. The van der Waals surface area contributed by atoms with E-state index in [0.717, 1.165) is 18.4 Å². The summed E-state index contributed by atoms with van der Waals surface area (Å²) in [6.45, 7) is 0.360. The number of carbonyl (C=O) groups excluding carboxylic acids is 2. The number of primary amides is 1. The maximum Gasteiger partial charge on any atom is 0.312 e. The van der Waals surface area contributed by atoms with Gasteiger partial charge in [0.15, 0.2) is 0 Å². The largest absolute Gasteiger partial charge is 0.352 e. The van der Waals surface area contributed by atoms with Crippen molar-refractivity contribution in [1.82, 2.24) is 10.6 Å². The monoisotopic (exact) mass is 323 g/mol. The van der Waals surface area contributed by atoms with Crippen LogP contribution in [0.5, 0.6) is 0 Å². The van der Waals surface area contributed by atoms with Crippen LogP contribution < -0.4 is 16.4 Å². The quantitative estimate of drug-likeness (QED) is 0.790. The summed E-state index contributed by atoms with van der Waals surface area (Å²) in [6.07, 6.45) is 1.97. The third-order valence-corrected chi connectivity index (χ3v) is 4.43. The highest BCUT2D eigenvalue weighted by molar-refractivity contribution is 5.94. The van der Waals surface area contributed by atoms with Crippen LogP contribution in [-0.4, -0.2) is 18.0 Å². The minimum absolute atomic E-state index is 0.0547. The Morgan fingerprint density at radius 2 is 1.67 bits per heavy atom. The predicted octanol–water partition coefficient (Wildman–Crippen LogP) is 2.53. The number of hydrogen-bond donors (Lipinski definition) is 3. The molecule has 2 aromatic carbocycles. The number of nitrogens with two attached hydrogens (primary N) is 1. The topological polar surface area (TPSA) is 84.2 Å². The van der Waals surface area contributed by atoms with E-state index in [9.17, 15) is 9.59 Å². The van der Waals surface area contributed by atoms with Gasteiger partial charge in [-0.25, -0.2) is 4.79 Å². The Kier molecular flexibility index (Phi) is 4.79. The highest BCUT2D eigenvalue weighted by Gasteiger charge is 2.31. The van der Waals surface area contributed by atoms with Crippen LogP contribution in [0.25, 0.3) is 0 Å². The van der Waals surface area contributed by atoms with Crippen molar-refractivity contribution in [3.8, 4) is 0 Å². The van der Waals surface area contributed by atoms with E-state index in [0.29, 0.717) is 18.0 Å². The Morgan fingerprint density at radius 3 is 2.29 bits per heavy atom. The number of amides is 3. The van der Waals surface area contributed by atoms with Crippen molar-refractivity contribution in [2.24, 2.45) is 5.73 Å². The molecule has 2 aromatic rings. The molecule has 4 N–H and O–H groups in total. The van der Waals surface area contributed by atoms with Gasteiger partial charge in [0.2, 0.25) is 0 Å². The van der Waals surface area contributed by atoms with Gasteiger partial charge in [0.05, 0.1) is 0 Å². The first-order chi connectivity index (χ1) is 11.6. The summed E-state index contributed by atoms with van der Waals surface area (Å²) in [5, 5.41) is 5.59. The Balaban J connectivity index is 1.48. The Labute approximate surface area is 141 Å². The van der Waals surface area contributed by atoms with Gasteiger partial charge in [-0.3, -0.25) is 4.79 Å². The fourth-order valence-corrected chi connectivity index (χ4v) is 2.96. The molecule has 0 spiro atoms. The number of urea groups is 1. The van der Waals surface area contributed by atoms with Crippen molar-refractivity contribution >= 4 is 11.9 Å². The van der Waals surface area contributed by atoms with Crippen LogP contribution in [0.1, 0.15) is 40.2 Å². The zero-order valence-corrected chi connectivity index (χ0v) is 13.4. The first kappa shape index (κ1) is 16.1. The average molecular weight is 323 g/mol. The molecule has 0 aromatic heterocycles. The van der Waals surface area contributed by atoms with Crippen LogP contribution in [-0.2, 0) is 6.54 Å². The SMILES string of the molecule is NC(=O)NCc1ccc(C(=O)NC2CC(c3ccccc3)C2)cc1. The molecule has 0 bridgehead atoms. The van der Waals surface area contributed by atoms with E-state index in [1.54, 1.807) is 12.1 Å². The van der Waals surface area contributed by atoms with Gasteiger partial charge in [-0.15, -0.1) is 0 Å². The van der Waals surface area contributed by atoms with Crippen LogP contribution >= 0.6 is 0 Å². The molecule has 3 rings (SSSR count). The van der Waals surface area contributed by atoms with Crippen LogP contribution in [0.4, 0.5) is 4.79 Å². The maximum atomic E-state index is 12.3. The number of hydrogen-bond acceptors (Lipinski definition) is 2. The smallest absolute Gasteiger partial charge is 0.312 e. The van der Waals surface area contributed by atoms with E-state index in [2.05, 4.69) is 34.9 Å². The van der Waals surface area contributed by atoms with E-state index >= 15 is 0 Å². The fourth-order valence-electron chi connectivity index (χ4n) is 2.96. The highest BCUT2D eigenvalue weighted by Crippen LogP contribution is 2.36. The molecule has 0 saturated heterocycles. The summed E-state index contributed by atoms with van der Waals surface area (Å²) in [4.78, 5) is 23.0. The predicted molar refractivity (Wildman–Crippen MR) is 92.5 cm³/mol. The summed E-state index contributed by atoms with van der Waals surface area (Å²) in [7, 11) is 0. The molecule has 0 atom stereocenters. The van der Waals surface area contributed by atoms with Crippen LogP contribution in [0, 0.1) is 0 Å². The van der Waals surface area contributed by atoms with Crippen molar-refractivity contribution in [3.63, 3.8) is 0 Å². The second kappa shape index (κ2) is 7.17. The molecule has 1 fully saturated rings. The molecular weight excluding hydrogens is 302 g/mol. The third kappa shape index (κ3) is 3.93. The first-order valence-electron chi connectivity index (χ1n) is 8.10. The van der Waals surface area contributed by atoms with E-state index in [1.165, 1.54) is 5.56 Å². The van der Waals surface area contributed by atoms with Crippen molar-refractivity contribution in [1.29, 1.82) is 0 Å². The number of benzene rings is 2. The molecule has 24 heavy (non-hydrogen) atoms. The minimum Gasteiger partial charge on any atom is -0.352 e. The van der Waals surface area contributed by atoms with E-state index in [4.69, 9.17) is 5.73 Å². The summed E-state index contributed by atoms with van der Waals surface area (Å²) < 4.78 is 0. The Hall–Kier alpha value is -2.82. The van der Waals surface area contributed by atoms with Gasteiger partial charge in [0, 0.05) is 18.2 Å². The van der Waals surface area contributed by atoms with Gasteiger partial charge in [0.25, 0.3) is 5.91 Å². The van der Waals surface area contributed by atoms with Gasteiger partial charge < -0.3 is 16.4 Å². The lowest BCUT2D eigenvalue weighted by Crippen LogP contribution is -2.43. The molecule has 3 amide bonds. The van der Waals surface area contributed by atoms with E-state index in [1.807, 2.05) is 18.2 Å². The molecule has 5 heteroatoms. The molecule has 1 aliphatic rings. The first-order valence-corrected chi connectivity index (χ1v) is 8.10. The minimum atomic E-state index is -0.560. The Morgan fingerprint density at radius 1 is 1.00 bits per heavy atom. The summed E-state index contributed by atoms with van der Waals surface area (Å²) >= 11 is 0. The second-order valence-electron chi connectivity index (χ2n) is 6.16. The van der Waals surface area contributed by atoms with Gasteiger partial charge >= 0.3 is 6.03 Å². The lowest BCUT2D eigenvalue weighted by atomic mass is 9.76. The Bertz CT molecular complexity index is 707. The van der Waals surface area contributed by atoms with Crippen molar-refractivity contribution < 1.29 is 9.59 Å².